The van der Waals surface area contributed by atoms with Gasteiger partial charge in [0.05, 0.1) is 55.2 Å². The fraction of sp³-hybridized carbons (Fsp3) is 0.0811. The van der Waals surface area contributed by atoms with Crippen LogP contribution in [0.1, 0.15) is 109 Å². The third kappa shape index (κ3) is 22.5. The Balaban J connectivity index is 0.000000319. The number of rotatable bonds is 10. The number of halogens is 4. The van der Waals surface area contributed by atoms with E-state index in [0.29, 0.717) is 91.5 Å². The Labute approximate surface area is 607 Å². The molecule has 8 bridgehead atoms. The molecule has 25 heteroatoms. The number of aromatic carboxylic acids is 4. The van der Waals surface area contributed by atoms with Gasteiger partial charge < -0.3 is 40.4 Å². The number of alkyl halides is 4. The third-order valence-corrected chi connectivity index (χ3v) is 13.7. The Morgan fingerprint density at radius 3 is 0.556 bits per heavy atom. The van der Waals surface area contributed by atoms with Gasteiger partial charge in [0.2, 0.25) is 0 Å². The smallest absolute Gasteiger partial charge is 0.337 e. The van der Waals surface area contributed by atoms with Crippen molar-refractivity contribution in [3.05, 3.63) is 357 Å². The summed E-state index contributed by atoms with van der Waals surface area (Å²) >= 11 is 19.1. The Morgan fingerprint density at radius 2 is 0.434 bits per heavy atom. The predicted molar refractivity (Wildman–Crippen MR) is 383 cm³/mol. The van der Waals surface area contributed by atoms with Crippen LogP contribution in [-0.4, -0.2) is 108 Å². The summed E-state index contributed by atoms with van der Waals surface area (Å²) in [5.74, 6) is -1.89. The number of carboxylic acids is 4. The fourth-order valence-corrected chi connectivity index (χ4v) is 9.57. The second-order valence-corrected chi connectivity index (χ2v) is 25.1. The number of hydrogen-bond donors (Lipinski definition) is 4. The van der Waals surface area contributed by atoms with Gasteiger partial charge in [0, 0.05) is 233 Å². The van der Waals surface area contributed by atoms with Crippen LogP contribution in [0.3, 0.4) is 0 Å². The van der Waals surface area contributed by atoms with Crippen LogP contribution < -0.4 is 19.9 Å². The number of aromatic nitrogens is 8. The van der Waals surface area contributed by atoms with Gasteiger partial charge in [0.1, 0.15) is 0 Å². The van der Waals surface area contributed by atoms with Crippen LogP contribution in [0.15, 0.2) is 244 Å². The van der Waals surface area contributed by atoms with E-state index in [1.54, 1.807) is 123 Å². The van der Waals surface area contributed by atoms with Crippen molar-refractivity contribution in [2.24, 2.45) is 0 Å². The monoisotopic (exact) mass is 1480 g/mol. The maximum Gasteiger partial charge on any atom is 0.337 e. The molecule has 18 nitrogen and oxygen atoms in total. The van der Waals surface area contributed by atoms with E-state index < -0.39 is 45.5 Å². The van der Waals surface area contributed by atoms with Crippen LogP contribution in [0.2, 0.25) is 0 Å². The van der Waals surface area contributed by atoms with Gasteiger partial charge in [-0.1, -0.05) is 0 Å². The molecule has 506 valence electrons. The molecule has 8 aromatic heterocycles. The molecule has 0 aliphatic carbocycles. The first-order valence-electron chi connectivity index (χ1n) is 29.0. The Hall–Kier alpha value is -10.1. The molecule has 12 aromatic rings. The molecule has 0 atom stereocenters. The molecule has 0 saturated heterocycles. The zero-order valence-electron chi connectivity index (χ0n) is 53.0. The minimum atomic E-state index is -1.07. The van der Waals surface area contributed by atoms with E-state index in [-0.39, 0.29) is 49.4 Å². The average molecular weight is 1490 g/mol. The van der Waals surface area contributed by atoms with Crippen molar-refractivity contribution in [2.45, 2.75) is 0 Å². The second-order valence-electron chi connectivity index (χ2n) is 20.5. The quantitative estimate of drug-likeness (QED) is 0.0562. The summed E-state index contributed by atoms with van der Waals surface area (Å²) in [4.78, 5) is 83.6. The molecule has 0 spiro atoms. The number of benzene rings is 4. The molecular weight excluding hydrogens is 1430 g/mol. The Morgan fingerprint density at radius 1 is 0.303 bits per heavy atom. The van der Waals surface area contributed by atoms with E-state index in [9.17, 15) is 48.0 Å². The molecule has 9 heterocycles. The minimum Gasteiger partial charge on any atom is -0.628 e. The molecule has 99 heavy (non-hydrogen) atoms. The molecule has 0 saturated carbocycles. The topological polar surface area (TPSA) is 291 Å². The number of carboxylic acid groups (broad SMARTS) is 4. The summed E-state index contributed by atoms with van der Waals surface area (Å²) < 4.78 is 19.1. The van der Waals surface area contributed by atoms with Crippen molar-refractivity contribution in [3.8, 4) is 22.3 Å². The van der Waals surface area contributed by atoms with Crippen LogP contribution in [0, 0.1) is 23.7 Å². The van der Waals surface area contributed by atoms with Gasteiger partial charge in [-0.05, 0) is 165 Å². The second kappa shape index (κ2) is 39.3. The van der Waals surface area contributed by atoms with E-state index in [2.05, 4.69) is 19.9 Å². The molecule has 1 aliphatic rings. The van der Waals surface area contributed by atoms with Gasteiger partial charge in [-0.2, -0.15) is 0 Å². The van der Waals surface area contributed by atoms with Crippen LogP contribution in [0.25, 0.3) is 22.3 Å². The predicted octanol–water partition coefficient (Wildman–Crippen LogP) is 13.8. The molecule has 0 unspecified atom stereocenters. The molecule has 13 rings (SSSR count). The maximum absolute atomic E-state index is 11.8. The van der Waals surface area contributed by atoms with E-state index in [1.165, 1.54) is 70.8 Å². The largest absolute Gasteiger partial charge is 0.628 e. The van der Waals surface area contributed by atoms with Crippen LogP contribution in [-0.2, 0) is 38.1 Å². The molecule has 0 amide bonds. The summed E-state index contributed by atoms with van der Waals surface area (Å²) in [5, 5.41) is 39.1. The Kier molecular flexibility index (Phi) is 31.0. The van der Waals surface area contributed by atoms with Crippen molar-refractivity contribution in [3.63, 3.8) is 0 Å². The fourth-order valence-electron chi connectivity index (χ4n) is 9.57. The standard InChI is InChI=1S/C48H28N4O8.2C10H8N2.2C2H6OS.2CH2Cl2.Ni/c53-45(54)29-9-1-25(2-10-29)41-33-17-19-35(49-33)42(26-3-11-30(12-4-26)46(55)56)37-21-23-39(51-37)44(28-7-15-32(16-8-28)48(59)60)40-24-22-38(52-40)43(36-20-18-34(41)50-36)27-5-13-31(14-6-27)47(57)58;2*1-5-11-6-2-9(1)10-3-7-12-8-4-10;2*1-4(2)3;2*2-1-3;/h1-24H,(H,53,54)(H,55,56)(H,57,58)(H,59,60);2*1-8H;2*1-2H3;2*1H2;. The van der Waals surface area contributed by atoms with E-state index >= 15 is 0 Å². The summed E-state index contributed by atoms with van der Waals surface area (Å²) in [6.45, 7) is 0. The SMILES string of the molecule is CS(C)=O.CS(C)=O.ClCCl.ClCCl.O=C(O)c1ccc([C+]2c3ccc([n-]3)[C+](c3ccc(C(=O)O)cc3)c3ccc([n-]3)[C+](c3ccc(C(=O)O)cc3)c3ccc([n-]3)[C+](c3ccc(C(=O)O)cc3)c3ccc2[n-]3)cc1.[Ni].c1cc(-c2ccncc2)ccn1.c1cc(-c2ccncc2)ccn1. The van der Waals surface area contributed by atoms with E-state index in [0.717, 1.165) is 0 Å². The van der Waals surface area contributed by atoms with Crippen LogP contribution in [0.4, 0.5) is 0 Å². The van der Waals surface area contributed by atoms with Gasteiger partial charge in [0.25, 0.3) is 0 Å². The molecule has 4 aromatic carbocycles. The van der Waals surface area contributed by atoms with Gasteiger partial charge in [-0.25, -0.2) is 19.2 Å². The molecule has 0 radical (unpaired) electrons. The molecule has 4 N–H and O–H groups in total. The summed E-state index contributed by atoms with van der Waals surface area (Å²) in [6, 6.07) is 56.1. The first-order valence-corrected chi connectivity index (χ1v) is 35.1. The van der Waals surface area contributed by atoms with E-state index in [1.807, 2.05) is 97.1 Å². The summed E-state index contributed by atoms with van der Waals surface area (Å²) in [5.41, 5.74) is 11.8. The van der Waals surface area contributed by atoms with Gasteiger partial charge in [-0.15, -0.1) is 46.4 Å². The zero-order valence-corrected chi connectivity index (χ0v) is 58.6. The zero-order chi connectivity index (χ0) is 70.7. The minimum absolute atomic E-state index is 0. The van der Waals surface area contributed by atoms with Gasteiger partial charge >= 0.3 is 23.9 Å². The first kappa shape index (κ1) is 77.9. The van der Waals surface area contributed by atoms with Crippen molar-refractivity contribution in [1.82, 2.24) is 39.9 Å². The molecule has 0 fully saturated rings. The number of hydrogen-bond acceptors (Lipinski definition) is 10. The van der Waals surface area contributed by atoms with Crippen LogP contribution in [0.5, 0.6) is 0 Å². The van der Waals surface area contributed by atoms with Crippen LogP contribution >= 0.6 is 46.4 Å². The van der Waals surface area contributed by atoms with Crippen molar-refractivity contribution in [2.75, 3.05) is 35.7 Å². The van der Waals surface area contributed by atoms with Gasteiger partial charge in [-0.3, -0.25) is 28.4 Å². The van der Waals surface area contributed by atoms with E-state index in [4.69, 9.17) is 66.3 Å². The average Bonchev–Trinajstić information content (AvgIpc) is 1.63. The van der Waals surface area contributed by atoms with Crippen molar-refractivity contribution in [1.29, 1.82) is 0 Å². The third-order valence-electron chi connectivity index (χ3n) is 13.7. The number of pyridine rings is 4. The summed E-state index contributed by atoms with van der Waals surface area (Å²) in [7, 11) is -1.22. The number of carbonyl (C=O) groups is 4. The molecule has 1 aliphatic heterocycles. The van der Waals surface area contributed by atoms with Gasteiger partial charge in [0.15, 0.2) is 0 Å². The number of nitrogens with zero attached hydrogens (tertiary/aromatic N) is 8. The Bertz CT molecular complexity index is 3870. The molecular formula is C74H60Cl4N8NiO10S2. The maximum atomic E-state index is 11.8. The normalized spacial score (nSPS) is 10.9. The van der Waals surface area contributed by atoms with Crippen molar-refractivity contribution < 1.29 is 64.5 Å². The summed E-state index contributed by atoms with van der Waals surface area (Å²) in [6.07, 6.45) is 20.9. The first-order chi connectivity index (χ1) is 47.2. The number of fused-ring (bicyclic) bond motifs is 8. The van der Waals surface area contributed by atoms with Crippen molar-refractivity contribution >= 4 is 91.9 Å².